The van der Waals surface area contributed by atoms with E-state index >= 15 is 0 Å². The summed E-state index contributed by atoms with van der Waals surface area (Å²) in [5, 5.41) is 2.88. The maximum atomic E-state index is 11.8. The molecule has 1 saturated carbocycles. The first-order chi connectivity index (χ1) is 11.5. The van der Waals surface area contributed by atoms with Crippen LogP contribution in [0.25, 0.3) is 0 Å². The second-order valence-corrected chi connectivity index (χ2v) is 6.69. The molecule has 24 heavy (non-hydrogen) atoms. The van der Waals surface area contributed by atoms with Gasteiger partial charge in [0.2, 0.25) is 0 Å². The minimum Gasteiger partial charge on any atom is -0.482 e. The fraction of sp³-hybridized carbons (Fsp3) is 0.579. The number of nitrogens with one attached hydrogen (secondary N) is 1. The van der Waals surface area contributed by atoms with Crippen LogP contribution in [-0.4, -0.2) is 31.1 Å². The number of rotatable bonds is 7. The van der Waals surface area contributed by atoms with Crippen LogP contribution in [0.1, 0.15) is 56.6 Å². The molecule has 2 rings (SSSR count). The van der Waals surface area contributed by atoms with Crippen LogP contribution < -0.4 is 10.1 Å². The first-order valence-electron chi connectivity index (χ1n) is 8.64. The van der Waals surface area contributed by atoms with E-state index in [4.69, 9.17) is 9.47 Å². The molecule has 0 aromatic heterocycles. The fourth-order valence-corrected chi connectivity index (χ4v) is 2.91. The molecule has 132 valence electrons. The normalized spacial score (nSPS) is 14.7. The third-order valence-corrected chi connectivity index (χ3v) is 4.22. The van der Waals surface area contributed by atoms with Crippen molar-refractivity contribution in [1.29, 1.82) is 0 Å². The molecule has 1 aromatic carbocycles. The van der Waals surface area contributed by atoms with E-state index in [9.17, 15) is 9.59 Å². The largest absolute Gasteiger partial charge is 0.482 e. The number of carbonyl (C=O) groups excluding carboxylic acids is 2. The highest BCUT2D eigenvalue weighted by Crippen LogP contribution is 2.27. The van der Waals surface area contributed by atoms with Gasteiger partial charge in [0.15, 0.2) is 13.2 Å². The lowest BCUT2D eigenvalue weighted by Gasteiger charge is -2.15. The van der Waals surface area contributed by atoms with Gasteiger partial charge in [-0.3, -0.25) is 4.79 Å². The van der Waals surface area contributed by atoms with Crippen molar-refractivity contribution in [2.45, 2.75) is 58.4 Å². The first-order valence-corrected chi connectivity index (χ1v) is 8.64. The van der Waals surface area contributed by atoms with Gasteiger partial charge in [-0.05, 0) is 42.9 Å². The number of benzene rings is 1. The number of aryl methyl sites for hydroxylation is 1. The van der Waals surface area contributed by atoms with Crippen molar-refractivity contribution >= 4 is 11.9 Å². The SMILES string of the molecule is Cc1ccc(C(C)C)c(OCC(=O)OCC(=O)NC2CCCC2)c1. The summed E-state index contributed by atoms with van der Waals surface area (Å²) in [6, 6.07) is 6.17. The van der Waals surface area contributed by atoms with Gasteiger partial charge in [-0.15, -0.1) is 0 Å². The van der Waals surface area contributed by atoms with E-state index in [0.717, 1.165) is 36.8 Å². The van der Waals surface area contributed by atoms with Gasteiger partial charge in [-0.1, -0.05) is 38.8 Å². The lowest BCUT2D eigenvalue weighted by molar-refractivity contribution is -0.150. The predicted molar refractivity (Wildman–Crippen MR) is 92.1 cm³/mol. The second kappa shape index (κ2) is 8.71. The zero-order valence-corrected chi connectivity index (χ0v) is 14.8. The molecule has 1 aliphatic rings. The Labute approximate surface area is 143 Å². The molecule has 0 aliphatic heterocycles. The summed E-state index contributed by atoms with van der Waals surface area (Å²) in [6.45, 7) is 5.68. The maximum Gasteiger partial charge on any atom is 0.344 e. The minimum absolute atomic E-state index is 0.195. The molecule has 1 aromatic rings. The quantitative estimate of drug-likeness (QED) is 0.779. The second-order valence-electron chi connectivity index (χ2n) is 6.69. The highest BCUT2D eigenvalue weighted by Gasteiger charge is 2.18. The van der Waals surface area contributed by atoms with Gasteiger partial charge in [0.1, 0.15) is 5.75 Å². The molecule has 5 nitrogen and oxygen atoms in total. The van der Waals surface area contributed by atoms with Gasteiger partial charge in [-0.2, -0.15) is 0 Å². The monoisotopic (exact) mass is 333 g/mol. The third-order valence-electron chi connectivity index (χ3n) is 4.22. The molecule has 0 unspecified atom stereocenters. The van der Waals surface area contributed by atoms with E-state index in [1.807, 2.05) is 25.1 Å². The number of hydrogen-bond acceptors (Lipinski definition) is 4. The Morgan fingerprint density at radius 3 is 2.58 bits per heavy atom. The van der Waals surface area contributed by atoms with E-state index in [1.165, 1.54) is 0 Å². The summed E-state index contributed by atoms with van der Waals surface area (Å²) in [6.07, 6.45) is 4.31. The van der Waals surface area contributed by atoms with Gasteiger partial charge in [0.05, 0.1) is 0 Å². The Morgan fingerprint density at radius 2 is 1.92 bits per heavy atom. The molecule has 1 amide bonds. The van der Waals surface area contributed by atoms with Crippen LogP contribution >= 0.6 is 0 Å². The van der Waals surface area contributed by atoms with Gasteiger partial charge in [0.25, 0.3) is 5.91 Å². The molecule has 0 bridgehead atoms. The summed E-state index contributed by atoms with van der Waals surface area (Å²) >= 11 is 0. The highest BCUT2D eigenvalue weighted by molar-refractivity contribution is 5.81. The molecule has 0 heterocycles. The number of hydrogen-bond donors (Lipinski definition) is 1. The maximum absolute atomic E-state index is 11.8. The lowest BCUT2D eigenvalue weighted by atomic mass is 10.0. The van der Waals surface area contributed by atoms with Crippen LogP contribution in [0.2, 0.25) is 0 Å². The van der Waals surface area contributed by atoms with E-state index in [2.05, 4.69) is 19.2 Å². The van der Waals surface area contributed by atoms with Crippen LogP contribution in [0.15, 0.2) is 18.2 Å². The van der Waals surface area contributed by atoms with Crippen LogP contribution in [0.3, 0.4) is 0 Å². The minimum atomic E-state index is -0.534. The van der Waals surface area contributed by atoms with Crippen LogP contribution in [-0.2, 0) is 14.3 Å². The van der Waals surface area contributed by atoms with Crippen molar-refractivity contribution in [3.05, 3.63) is 29.3 Å². The van der Waals surface area contributed by atoms with Crippen molar-refractivity contribution in [2.24, 2.45) is 0 Å². The first kappa shape index (κ1) is 18.3. The molecule has 0 atom stereocenters. The van der Waals surface area contributed by atoms with Gasteiger partial charge < -0.3 is 14.8 Å². The van der Waals surface area contributed by atoms with Crippen molar-refractivity contribution in [3.63, 3.8) is 0 Å². The lowest BCUT2D eigenvalue weighted by Crippen LogP contribution is -2.36. The summed E-state index contributed by atoms with van der Waals surface area (Å²) in [7, 11) is 0. The molecule has 0 radical (unpaired) electrons. The summed E-state index contributed by atoms with van der Waals surface area (Å²) in [5.74, 6) is 0.215. The van der Waals surface area contributed by atoms with Gasteiger partial charge in [-0.25, -0.2) is 4.79 Å². The molecule has 5 heteroatoms. The van der Waals surface area contributed by atoms with Gasteiger partial charge in [0, 0.05) is 6.04 Å². The number of esters is 1. The van der Waals surface area contributed by atoms with E-state index in [0.29, 0.717) is 11.7 Å². The average molecular weight is 333 g/mol. The Morgan fingerprint density at radius 1 is 1.21 bits per heavy atom. The van der Waals surface area contributed by atoms with Crippen molar-refractivity contribution < 1.29 is 19.1 Å². The Kier molecular flexibility index (Phi) is 6.64. The average Bonchev–Trinajstić information content (AvgIpc) is 3.03. The third kappa shape index (κ3) is 5.55. The number of amides is 1. The number of carbonyl (C=O) groups is 2. The van der Waals surface area contributed by atoms with Crippen molar-refractivity contribution in [3.8, 4) is 5.75 Å². The molecular formula is C19H27NO4. The number of ether oxygens (including phenoxy) is 2. The predicted octanol–water partition coefficient (Wildman–Crippen LogP) is 3.10. The highest BCUT2D eigenvalue weighted by atomic mass is 16.6. The van der Waals surface area contributed by atoms with Gasteiger partial charge >= 0.3 is 5.97 Å². The van der Waals surface area contributed by atoms with Crippen LogP contribution in [0, 0.1) is 6.92 Å². The summed E-state index contributed by atoms with van der Waals surface area (Å²) in [5.41, 5.74) is 2.12. The summed E-state index contributed by atoms with van der Waals surface area (Å²) < 4.78 is 10.6. The zero-order valence-electron chi connectivity index (χ0n) is 14.8. The zero-order chi connectivity index (χ0) is 17.5. The molecule has 1 aliphatic carbocycles. The Hall–Kier alpha value is -2.04. The molecule has 1 fully saturated rings. The van der Waals surface area contributed by atoms with Crippen molar-refractivity contribution in [1.82, 2.24) is 5.32 Å². The summed E-state index contributed by atoms with van der Waals surface area (Å²) in [4.78, 5) is 23.5. The Bertz CT molecular complexity index is 577. The topological polar surface area (TPSA) is 64.6 Å². The fourth-order valence-electron chi connectivity index (χ4n) is 2.91. The van der Waals surface area contributed by atoms with Crippen LogP contribution in [0.5, 0.6) is 5.75 Å². The smallest absolute Gasteiger partial charge is 0.344 e. The van der Waals surface area contributed by atoms with Crippen molar-refractivity contribution in [2.75, 3.05) is 13.2 Å². The molecule has 1 N–H and O–H groups in total. The van der Waals surface area contributed by atoms with E-state index in [1.54, 1.807) is 0 Å². The Balaban J connectivity index is 1.76. The molecular weight excluding hydrogens is 306 g/mol. The standard InChI is InChI=1S/C19H27NO4/c1-13(2)16-9-8-14(3)10-17(16)23-12-19(22)24-11-18(21)20-15-6-4-5-7-15/h8-10,13,15H,4-7,11-12H2,1-3H3,(H,20,21). The van der Waals surface area contributed by atoms with E-state index < -0.39 is 5.97 Å². The van der Waals surface area contributed by atoms with Crippen LogP contribution in [0.4, 0.5) is 0 Å². The molecule has 0 spiro atoms. The van der Waals surface area contributed by atoms with E-state index in [-0.39, 0.29) is 25.2 Å². The molecule has 0 saturated heterocycles.